The monoisotopic (exact) mass is 148 g/mol. The second-order valence-electron chi connectivity index (χ2n) is 2.02. The first-order valence-corrected chi connectivity index (χ1v) is 4.69. The molecular weight excluding hydrogens is 136 g/mol. The van der Waals surface area contributed by atoms with Gasteiger partial charge in [-0.2, -0.15) is 0 Å². The molecule has 0 bridgehead atoms. The topological polar surface area (TPSA) is 31.0 Å². The molecule has 0 aliphatic carbocycles. The molecule has 1 aliphatic heterocycles. The molecule has 1 fully saturated rings. The van der Waals surface area contributed by atoms with Crippen molar-refractivity contribution in [2.24, 2.45) is 0 Å². The van der Waals surface area contributed by atoms with Crippen molar-refractivity contribution in [2.75, 3.05) is 26.6 Å². The predicted octanol–water partition coefficient (Wildman–Crippen LogP) is -0.911. The quantitative estimate of drug-likeness (QED) is 0.287. The van der Waals surface area contributed by atoms with E-state index in [-0.39, 0.29) is 9.76 Å². The van der Waals surface area contributed by atoms with Gasteiger partial charge in [-0.1, -0.05) is 0 Å². The van der Waals surface area contributed by atoms with Crippen molar-refractivity contribution < 1.29 is 13.9 Å². The summed E-state index contributed by atoms with van der Waals surface area (Å²) in [5.74, 6) is 0. The molecule has 1 aliphatic rings. The Balaban J connectivity index is 1.71. The third-order valence-electron chi connectivity index (χ3n) is 1.14. The van der Waals surface area contributed by atoms with Crippen molar-refractivity contribution in [1.29, 1.82) is 0 Å². The van der Waals surface area contributed by atoms with Gasteiger partial charge in [0, 0.05) is 7.11 Å². The van der Waals surface area contributed by atoms with Crippen LogP contribution < -0.4 is 0 Å². The highest BCUT2D eigenvalue weighted by Gasteiger charge is 2.21. The molecule has 9 heavy (non-hydrogen) atoms. The lowest BCUT2D eigenvalue weighted by Gasteiger charge is -1.97. The maximum absolute atomic E-state index is 5.21. The summed E-state index contributed by atoms with van der Waals surface area (Å²) in [6.45, 7) is 1.64. The van der Waals surface area contributed by atoms with Gasteiger partial charge in [0.05, 0.1) is 19.4 Å². The standard InChI is InChI=1S/C5H12O3Si/c1-6-9-4-7-2-5-3-8-5/h5H,2-4,9H2,1H3. The molecule has 1 unspecified atom stereocenters. The van der Waals surface area contributed by atoms with Crippen LogP contribution in [0.15, 0.2) is 0 Å². The summed E-state index contributed by atoms with van der Waals surface area (Å²) in [5.41, 5.74) is 0. The van der Waals surface area contributed by atoms with Crippen LogP contribution >= 0.6 is 0 Å². The summed E-state index contributed by atoms with van der Waals surface area (Å²) in [7, 11) is 1.35. The molecule has 4 heteroatoms. The van der Waals surface area contributed by atoms with E-state index in [0.717, 1.165) is 19.4 Å². The fourth-order valence-corrected chi connectivity index (χ4v) is 0.972. The molecule has 0 amide bonds. The van der Waals surface area contributed by atoms with E-state index in [9.17, 15) is 0 Å². The zero-order valence-corrected chi connectivity index (χ0v) is 7.04. The number of hydrogen-bond donors (Lipinski definition) is 0. The van der Waals surface area contributed by atoms with E-state index in [1.165, 1.54) is 0 Å². The van der Waals surface area contributed by atoms with Gasteiger partial charge in [0.2, 0.25) is 0 Å². The smallest absolute Gasteiger partial charge is 0.186 e. The van der Waals surface area contributed by atoms with Gasteiger partial charge >= 0.3 is 0 Å². The maximum Gasteiger partial charge on any atom is 0.186 e. The van der Waals surface area contributed by atoms with E-state index < -0.39 is 0 Å². The Bertz CT molecular complexity index is 74.6. The molecule has 54 valence electrons. The van der Waals surface area contributed by atoms with Crippen LogP contribution in [0.2, 0.25) is 0 Å². The van der Waals surface area contributed by atoms with Crippen molar-refractivity contribution in [2.45, 2.75) is 6.10 Å². The van der Waals surface area contributed by atoms with E-state index in [2.05, 4.69) is 0 Å². The largest absolute Gasteiger partial charge is 0.425 e. The van der Waals surface area contributed by atoms with Gasteiger partial charge in [-0.05, 0) is 0 Å². The first kappa shape index (κ1) is 7.21. The molecule has 0 aromatic heterocycles. The Morgan fingerprint density at radius 2 is 2.56 bits per heavy atom. The van der Waals surface area contributed by atoms with Crippen LogP contribution in [-0.4, -0.2) is 42.4 Å². The maximum atomic E-state index is 5.21. The van der Waals surface area contributed by atoms with Crippen LogP contribution in [0.25, 0.3) is 0 Å². The second-order valence-corrected chi connectivity index (χ2v) is 3.42. The van der Waals surface area contributed by atoms with E-state index in [1.54, 1.807) is 7.11 Å². The van der Waals surface area contributed by atoms with Crippen molar-refractivity contribution in [3.8, 4) is 0 Å². The summed E-state index contributed by atoms with van der Waals surface area (Å²) >= 11 is 0. The van der Waals surface area contributed by atoms with Crippen LogP contribution in [0.5, 0.6) is 0 Å². The summed E-state index contributed by atoms with van der Waals surface area (Å²) in [6, 6.07) is 0. The van der Waals surface area contributed by atoms with Crippen LogP contribution in [0, 0.1) is 0 Å². The minimum atomic E-state index is -0.371. The van der Waals surface area contributed by atoms with Crippen molar-refractivity contribution in [1.82, 2.24) is 0 Å². The molecule has 1 rings (SSSR count). The lowest BCUT2D eigenvalue weighted by atomic mass is 10.5. The molecule has 1 heterocycles. The SMILES string of the molecule is CO[SiH2]COCC1CO1. The third kappa shape index (κ3) is 3.64. The minimum absolute atomic E-state index is 0.371. The number of epoxide rings is 1. The van der Waals surface area contributed by atoms with Crippen LogP contribution in [0.1, 0.15) is 0 Å². The highest BCUT2D eigenvalue weighted by Crippen LogP contribution is 2.07. The first-order valence-electron chi connectivity index (χ1n) is 3.12. The molecule has 0 N–H and O–H groups in total. The molecule has 0 aromatic carbocycles. The lowest BCUT2D eigenvalue weighted by Crippen LogP contribution is -2.09. The first-order chi connectivity index (χ1) is 4.43. The number of rotatable bonds is 5. The van der Waals surface area contributed by atoms with Crippen molar-refractivity contribution in [3.63, 3.8) is 0 Å². The van der Waals surface area contributed by atoms with E-state index >= 15 is 0 Å². The van der Waals surface area contributed by atoms with Gasteiger partial charge in [-0.3, -0.25) is 0 Å². The highest BCUT2D eigenvalue weighted by molar-refractivity contribution is 6.26. The van der Waals surface area contributed by atoms with E-state index in [0.29, 0.717) is 6.10 Å². The number of hydrogen-bond acceptors (Lipinski definition) is 3. The molecule has 0 saturated carbocycles. The molecular formula is C5H12O3Si. The second kappa shape index (κ2) is 4.00. The summed E-state index contributed by atoms with van der Waals surface area (Å²) in [5, 5.41) is 0. The fraction of sp³-hybridized carbons (Fsp3) is 1.00. The highest BCUT2D eigenvalue weighted by atomic mass is 28.2. The number of ether oxygens (including phenoxy) is 2. The normalized spacial score (nSPS) is 25.7. The Labute approximate surface area is 57.2 Å². The van der Waals surface area contributed by atoms with Crippen molar-refractivity contribution in [3.05, 3.63) is 0 Å². The summed E-state index contributed by atoms with van der Waals surface area (Å²) in [4.78, 5) is 0. The summed E-state index contributed by atoms with van der Waals surface area (Å²) < 4.78 is 15.1. The third-order valence-corrected chi connectivity index (χ3v) is 2.00. The average molecular weight is 148 g/mol. The lowest BCUT2D eigenvalue weighted by molar-refractivity contribution is 0.146. The van der Waals surface area contributed by atoms with Gasteiger partial charge in [0.1, 0.15) is 6.10 Å². The predicted molar refractivity (Wildman–Crippen MR) is 36.1 cm³/mol. The zero-order valence-electron chi connectivity index (χ0n) is 5.63. The molecule has 0 aromatic rings. The summed E-state index contributed by atoms with van der Waals surface area (Å²) in [6.07, 6.45) is 1.21. The Hall–Kier alpha value is 0.0969. The van der Waals surface area contributed by atoms with Crippen molar-refractivity contribution >= 4 is 9.76 Å². The molecule has 0 radical (unpaired) electrons. The molecule has 3 nitrogen and oxygen atoms in total. The van der Waals surface area contributed by atoms with Gasteiger partial charge in [0.15, 0.2) is 9.76 Å². The Kier molecular flexibility index (Phi) is 3.20. The Morgan fingerprint density at radius 3 is 3.11 bits per heavy atom. The van der Waals surface area contributed by atoms with Crippen LogP contribution in [0.4, 0.5) is 0 Å². The molecule has 1 saturated heterocycles. The van der Waals surface area contributed by atoms with Gasteiger partial charge < -0.3 is 13.9 Å². The van der Waals surface area contributed by atoms with Crippen LogP contribution in [0.3, 0.4) is 0 Å². The average Bonchev–Trinajstić information content (AvgIpc) is 2.63. The minimum Gasteiger partial charge on any atom is -0.425 e. The van der Waals surface area contributed by atoms with E-state index in [1.807, 2.05) is 0 Å². The van der Waals surface area contributed by atoms with E-state index in [4.69, 9.17) is 13.9 Å². The Morgan fingerprint density at radius 1 is 1.78 bits per heavy atom. The molecule has 1 atom stereocenters. The fourth-order valence-electron chi connectivity index (χ4n) is 0.521. The zero-order chi connectivity index (χ0) is 6.53. The van der Waals surface area contributed by atoms with Gasteiger partial charge in [-0.25, -0.2) is 0 Å². The van der Waals surface area contributed by atoms with Gasteiger partial charge in [0.25, 0.3) is 0 Å². The molecule has 0 spiro atoms. The van der Waals surface area contributed by atoms with Gasteiger partial charge in [-0.15, -0.1) is 0 Å². The van der Waals surface area contributed by atoms with Crippen LogP contribution in [-0.2, 0) is 13.9 Å².